The van der Waals surface area contributed by atoms with Gasteiger partial charge in [-0.05, 0) is 0 Å². The second-order valence-corrected chi connectivity index (χ2v) is 11.6. The van der Waals surface area contributed by atoms with Gasteiger partial charge in [0.15, 0.2) is 0 Å². The Kier molecular flexibility index (Phi) is 4.74. The first-order chi connectivity index (χ1) is 15.7. The van der Waals surface area contributed by atoms with Crippen molar-refractivity contribution < 1.29 is 0 Å². The molecule has 4 aromatic carbocycles. The van der Waals surface area contributed by atoms with Crippen LogP contribution < -0.4 is 11.1 Å². The SMILES string of the molecule is O=c1c2ccccc2[se]n1-c1ccc(-c2ccc(-n3[se]c4ccccc4c3=O)cc2)cc1. The molecule has 0 N–H and O–H groups in total. The van der Waals surface area contributed by atoms with E-state index in [0.29, 0.717) is 0 Å². The van der Waals surface area contributed by atoms with E-state index in [1.165, 1.54) is 0 Å². The summed E-state index contributed by atoms with van der Waals surface area (Å²) in [6.07, 6.45) is 0. The third-order valence-corrected chi connectivity index (χ3v) is 10.2. The van der Waals surface area contributed by atoms with Crippen LogP contribution >= 0.6 is 0 Å². The summed E-state index contributed by atoms with van der Waals surface area (Å²) in [7, 11) is 0. The molecule has 0 saturated carbocycles. The summed E-state index contributed by atoms with van der Waals surface area (Å²) in [6, 6.07) is 31.9. The van der Waals surface area contributed by atoms with Crippen LogP contribution in [-0.2, 0) is 0 Å². The molecule has 6 heteroatoms. The Hall–Kier alpha value is -3.14. The van der Waals surface area contributed by atoms with E-state index >= 15 is 0 Å². The quantitative estimate of drug-likeness (QED) is 0.314. The van der Waals surface area contributed by atoms with Crippen LogP contribution in [-0.4, -0.2) is 36.6 Å². The molecule has 0 atom stereocenters. The Morgan fingerprint density at radius 2 is 0.844 bits per heavy atom. The molecule has 0 bridgehead atoms. The summed E-state index contributed by atoms with van der Waals surface area (Å²) in [5.74, 6) is 0. The predicted molar refractivity (Wildman–Crippen MR) is 132 cm³/mol. The number of rotatable bonds is 3. The molecule has 0 aliphatic rings. The molecular weight excluding hydrogens is 530 g/mol. The molecule has 6 aromatic rings. The molecule has 0 unspecified atom stereocenters. The fourth-order valence-corrected chi connectivity index (χ4v) is 8.05. The van der Waals surface area contributed by atoms with Gasteiger partial charge in [-0.15, -0.1) is 0 Å². The number of hydrogen-bond donors (Lipinski definition) is 0. The van der Waals surface area contributed by atoms with Crippen LogP contribution in [0.25, 0.3) is 41.8 Å². The molecule has 32 heavy (non-hydrogen) atoms. The Morgan fingerprint density at radius 1 is 0.469 bits per heavy atom. The molecule has 2 heterocycles. The van der Waals surface area contributed by atoms with E-state index in [9.17, 15) is 9.59 Å². The fraction of sp³-hybridized carbons (Fsp3) is 0. The van der Waals surface area contributed by atoms with Crippen molar-refractivity contribution in [3.8, 4) is 22.5 Å². The van der Waals surface area contributed by atoms with Gasteiger partial charge in [-0.3, -0.25) is 0 Å². The van der Waals surface area contributed by atoms with Crippen LogP contribution in [0.5, 0.6) is 0 Å². The van der Waals surface area contributed by atoms with Crippen molar-refractivity contribution in [1.29, 1.82) is 0 Å². The molecular formula is C26H16N2O2Se2. The Balaban J connectivity index is 1.33. The summed E-state index contributed by atoms with van der Waals surface area (Å²) in [6.45, 7) is 0. The van der Waals surface area contributed by atoms with Crippen LogP contribution in [0.1, 0.15) is 0 Å². The maximum atomic E-state index is 12.7. The van der Waals surface area contributed by atoms with Crippen molar-refractivity contribution in [2.75, 3.05) is 0 Å². The average Bonchev–Trinajstić information content (AvgIpc) is 3.37. The average molecular weight is 546 g/mol. The van der Waals surface area contributed by atoms with E-state index in [1.807, 2.05) is 79.9 Å². The number of aromatic nitrogens is 2. The summed E-state index contributed by atoms with van der Waals surface area (Å²) in [4.78, 5) is 25.5. The molecule has 154 valence electrons. The van der Waals surface area contributed by atoms with Gasteiger partial charge in [-0.25, -0.2) is 0 Å². The summed E-state index contributed by atoms with van der Waals surface area (Å²) < 4.78 is 6.02. The summed E-state index contributed by atoms with van der Waals surface area (Å²) >= 11 is -0.0587. The second kappa shape index (κ2) is 7.77. The minimum atomic E-state index is -0.0293. The van der Waals surface area contributed by atoms with Crippen LogP contribution in [0.3, 0.4) is 0 Å². The molecule has 0 radical (unpaired) electrons. The fourth-order valence-electron chi connectivity index (χ4n) is 3.86. The van der Waals surface area contributed by atoms with E-state index in [0.717, 1.165) is 41.8 Å². The van der Waals surface area contributed by atoms with Gasteiger partial charge in [0, 0.05) is 0 Å². The second-order valence-electron chi connectivity index (χ2n) is 7.47. The van der Waals surface area contributed by atoms with Crippen molar-refractivity contribution in [3.05, 3.63) is 118 Å². The molecule has 0 aliphatic carbocycles. The number of hydrogen-bond acceptors (Lipinski definition) is 2. The van der Waals surface area contributed by atoms with Crippen molar-refractivity contribution in [1.82, 2.24) is 7.12 Å². The maximum absolute atomic E-state index is 12.7. The first-order valence-electron chi connectivity index (χ1n) is 10.1. The molecule has 0 amide bonds. The van der Waals surface area contributed by atoms with Gasteiger partial charge in [0.05, 0.1) is 0 Å². The Labute approximate surface area is 195 Å². The van der Waals surface area contributed by atoms with E-state index in [1.54, 1.807) is 0 Å². The van der Waals surface area contributed by atoms with Crippen molar-refractivity contribution >= 4 is 48.8 Å². The zero-order chi connectivity index (χ0) is 21.7. The molecule has 0 saturated heterocycles. The van der Waals surface area contributed by atoms with Crippen molar-refractivity contribution in [2.24, 2.45) is 0 Å². The predicted octanol–water partition coefficient (Wildman–Crippen LogP) is 4.08. The number of benzene rings is 4. The van der Waals surface area contributed by atoms with Crippen LogP contribution in [0.4, 0.5) is 0 Å². The van der Waals surface area contributed by atoms with E-state index < -0.39 is 0 Å². The van der Waals surface area contributed by atoms with Gasteiger partial charge < -0.3 is 0 Å². The third kappa shape index (κ3) is 3.20. The zero-order valence-corrected chi connectivity index (χ0v) is 20.2. The summed E-state index contributed by atoms with van der Waals surface area (Å²) in [5.41, 5.74) is 4.17. The first-order valence-corrected chi connectivity index (χ1v) is 13.4. The van der Waals surface area contributed by atoms with Gasteiger partial charge in [0.1, 0.15) is 0 Å². The summed E-state index contributed by atoms with van der Waals surface area (Å²) in [5, 5.41) is 1.62. The van der Waals surface area contributed by atoms with E-state index in [2.05, 4.69) is 24.3 Å². The number of nitrogens with zero attached hydrogens (tertiary/aromatic N) is 2. The topological polar surface area (TPSA) is 44.0 Å². The van der Waals surface area contributed by atoms with Crippen molar-refractivity contribution in [2.45, 2.75) is 0 Å². The molecule has 4 nitrogen and oxygen atoms in total. The van der Waals surface area contributed by atoms with E-state index in [4.69, 9.17) is 0 Å². The number of fused-ring (bicyclic) bond motifs is 2. The Morgan fingerprint density at radius 3 is 1.22 bits per heavy atom. The standard InChI is InChI=1S/C26H16N2O2Se2/c29-25-21-5-1-3-7-23(21)31-27(25)19-13-9-17(10-14-19)18-11-15-20(16-12-18)28-26(30)22-6-2-4-8-24(22)32-28/h1-16H. The van der Waals surface area contributed by atoms with Gasteiger partial charge in [0.2, 0.25) is 0 Å². The third-order valence-electron chi connectivity index (χ3n) is 5.52. The van der Waals surface area contributed by atoms with Crippen LogP contribution in [0, 0.1) is 0 Å². The molecule has 0 aliphatic heterocycles. The van der Waals surface area contributed by atoms with Gasteiger partial charge in [0.25, 0.3) is 0 Å². The molecule has 6 rings (SSSR count). The Bertz CT molecular complexity index is 1570. The molecule has 2 aromatic heterocycles. The van der Waals surface area contributed by atoms with Gasteiger partial charge in [-0.1, -0.05) is 0 Å². The monoisotopic (exact) mass is 548 g/mol. The van der Waals surface area contributed by atoms with Crippen LogP contribution in [0.15, 0.2) is 107 Å². The first kappa shape index (κ1) is 19.5. The zero-order valence-electron chi connectivity index (χ0n) is 16.8. The minimum absolute atomic E-state index is 0.0293. The van der Waals surface area contributed by atoms with Crippen LogP contribution in [0.2, 0.25) is 0 Å². The van der Waals surface area contributed by atoms with Gasteiger partial charge >= 0.3 is 196 Å². The normalized spacial score (nSPS) is 11.4. The van der Waals surface area contributed by atoms with Gasteiger partial charge in [-0.2, -0.15) is 0 Å². The molecule has 0 fully saturated rings. The molecule has 0 spiro atoms. The van der Waals surface area contributed by atoms with Crippen molar-refractivity contribution in [3.63, 3.8) is 0 Å². The van der Waals surface area contributed by atoms with E-state index in [-0.39, 0.29) is 40.6 Å².